The van der Waals surface area contributed by atoms with Gasteiger partial charge in [0.05, 0.1) is 15.7 Å². The smallest absolute Gasteiger partial charge is 0.304 e. The van der Waals surface area contributed by atoms with E-state index in [0.29, 0.717) is 15.7 Å². The molecule has 0 atom stereocenters. The predicted octanol–water partition coefficient (Wildman–Crippen LogP) is 2.59. The highest BCUT2D eigenvalue weighted by Gasteiger charge is 2.09. The maximum atomic E-state index is 11.3. The third kappa shape index (κ3) is 3.58. The van der Waals surface area contributed by atoms with Crippen molar-refractivity contribution < 1.29 is 4.79 Å². The number of hydrogen-bond acceptors (Lipinski definition) is 2. The maximum absolute atomic E-state index is 11.3. The number of para-hydroxylation sites is 1. The Morgan fingerprint density at radius 3 is 2.27 bits per heavy atom. The summed E-state index contributed by atoms with van der Waals surface area (Å²) in [5, 5.41) is 4.87. The van der Waals surface area contributed by atoms with Crippen molar-refractivity contribution in [1.29, 1.82) is 0 Å². The van der Waals surface area contributed by atoms with Gasteiger partial charge in [-0.2, -0.15) is 0 Å². The molecule has 2 amide bonds. The lowest BCUT2D eigenvalue weighted by atomic mass is 10.3. The summed E-state index contributed by atoms with van der Waals surface area (Å²) in [5.74, 6) is 0. The Bertz CT molecular complexity index is 348. The average Bonchev–Trinajstić information content (AvgIpc) is 2.10. The van der Waals surface area contributed by atoms with E-state index in [1.165, 1.54) is 5.01 Å². The van der Waals surface area contributed by atoms with Crippen LogP contribution in [0.2, 0.25) is 10.0 Å². The summed E-state index contributed by atoms with van der Waals surface area (Å²) in [7, 11) is 3.40. The van der Waals surface area contributed by atoms with Gasteiger partial charge in [-0.3, -0.25) is 5.43 Å². The van der Waals surface area contributed by atoms with Crippen molar-refractivity contribution in [3.05, 3.63) is 28.2 Å². The zero-order chi connectivity index (χ0) is 11.4. The first kappa shape index (κ1) is 12.1. The van der Waals surface area contributed by atoms with Gasteiger partial charge in [0, 0.05) is 14.1 Å². The SMILES string of the molecule is CN(C)NC(=O)Nc1c(Cl)cccc1Cl. The number of benzene rings is 1. The lowest BCUT2D eigenvalue weighted by Gasteiger charge is -2.14. The number of amides is 2. The Hall–Kier alpha value is -0.970. The number of urea groups is 1. The van der Waals surface area contributed by atoms with Gasteiger partial charge in [0.2, 0.25) is 0 Å². The highest BCUT2D eigenvalue weighted by Crippen LogP contribution is 2.29. The van der Waals surface area contributed by atoms with Gasteiger partial charge < -0.3 is 5.32 Å². The molecule has 1 aromatic carbocycles. The molecule has 0 aliphatic heterocycles. The maximum Gasteiger partial charge on any atom is 0.333 e. The van der Waals surface area contributed by atoms with E-state index in [-0.39, 0.29) is 0 Å². The molecule has 2 N–H and O–H groups in total. The molecular weight excluding hydrogens is 237 g/mol. The van der Waals surface area contributed by atoms with Crippen LogP contribution in [0.15, 0.2) is 18.2 Å². The quantitative estimate of drug-likeness (QED) is 0.790. The van der Waals surface area contributed by atoms with Crippen molar-refractivity contribution >= 4 is 34.9 Å². The summed E-state index contributed by atoms with van der Waals surface area (Å²) in [6.07, 6.45) is 0. The number of anilines is 1. The van der Waals surface area contributed by atoms with E-state index >= 15 is 0 Å². The molecule has 0 unspecified atom stereocenters. The van der Waals surface area contributed by atoms with Gasteiger partial charge in [-0.15, -0.1) is 0 Å². The largest absolute Gasteiger partial charge is 0.333 e. The number of carbonyl (C=O) groups excluding carboxylic acids is 1. The summed E-state index contributed by atoms with van der Waals surface area (Å²) in [4.78, 5) is 11.3. The minimum absolute atomic E-state index is 0.394. The number of halogens is 2. The molecule has 0 aliphatic rings. The lowest BCUT2D eigenvalue weighted by Crippen LogP contribution is -2.39. The molecule has 0 radical (unpaired) electrons. The van der Waals surface area contributed by atoms with Crippen molar-refractivity contribution in [1.82, 2.24) is 10.4 Å². The summed E-state index contributed by atoms with van der Waals surface area (Å²) < 4.78 is 0. The topological polar surface area (TPSA) is 44.4 Å². The lowest BCUT2D eigenvalue weighted by molar-refractivity contribution is 0.224. The summed E-state index contributed by atoms with van der Waals surface area (Å²) >= 11 is 11.7. The average molecular weight is 248 g/mol. The predicted molar refractivity (Wildman–Crippen MR) is 62.3 cm³/mol. The second kappa shape index (κ2) is 5.21. The molecule has 15 heavy (non-hydrogen) atoms. The van der Waals surface area contributed by atoms with E-state index in [1.54, 1.807) is 32.3 Å². The normalized spacial score (nSPS) is 10.2. The monoisotopic (exact) mass is 247 g/mol. The van der Waals surface area contributed by atoms with Crippen molar-refractivity contribution in [2.75, 3.05) is 19.4 Å². The van der Waals surface area contributed by atoms with E-state index in [4.69, 9.17) is 23.2 Å². The standard InChI is InChI=1S/C9H11Cl2N3O/c1-14(2)13-9(15)12-8-6(10)4-3-5-7(8)11/h3-5H,1-2H3,(H2,12,13,15). The number of nitrogens with one attached hydrogen (secondary N) is 2. The van der Waals surface area contributed by atoms with E-state index in [0.717, 1.165) is 0 Å². The minimum Gasteiger partial charge on any atom is -0.304 e. The van der Waals surface area contributed by atoms with Crippen LogP contribution in [0, 0.1) is 0 Å². The van der Waals surface area contributed by atoms with E-state index in [1.807, 2.05) is 0 Å². The summed E-state index contributed by atoms with van der Waals surface area (Å²) in [6, 6.07) is 4.62. The first-order valence-electron chi connectivity index (χ1n) is 4.19. The Balaban J connectivity index is 2.76. The molecule has 0 heterocycles. The van der Waals surface area contributed by atoms with Crippen LogP contribution in [-0.2, 0) is 0 Å². The molecule has 0 bridgehead atoms. The fourth-order valence-corrected chi connectivity index (χ4v) is 1.45. The number of hydrogen-bond donors (Lipinski definition) is 2. The van der Waals surface area contributed by atoms with E-state index < -0.39 is 6.03 Å². The van der Waals surface area contributed by atoms with Gasteiger partial charge in [-0.1, -0.05) is 29.3 Å². The first-order valence-corrected chi connectivity index (χ1v) is 4.95. The van der Waals surface area contributed by atoms with Gasteiger partial charge in [-0.25, -0.2) is 9.80 Å². The van der Waals surface area contributed by atoms with Crippen LogP contribution in [0.4, 0.5) is 10.5 Å². The van der Waals surface area contributed by atoms with Crippen LogP contribution in [0.1, 0.15) is 0 Å². The third-order valence-electron chi connectivity index (χ3n) is 1.53. The highest BCUT2D eigenvalue weighted by molar-refractivity contribution is 6.39. The number of nitrogens with zero attached hydrogens (tertiary/aromatic N) is 1. The van der Waals surface area contributed by atoms with E-state index in [2.05, 4.69) is 10.7 Å². The van der Waals surface area contributed by atoms with Crippen LogP contribution in [0.3, 0.4) is 0 Å². The third-order valence-corrected chi connectivity index (χ3v) is 2.16. The Labute approximate surface area is 98.1 Å². The van der Waals surface area contributed by atoms with Crippen LogP contribution in [-0.4, -0.2) is 25.1 Å². The van der Waals surface area contributed by atoms with Crippen LogP contribution >= 0.6 is 23.2 Å². The first-order chi connectivity index (χ1) is 7.00. The Kier molecular flexibility index (Phi) is 4.20. The van der Waals surface area contributed by atoms with Gasteiger partial charge in [0.25, 0.3) is 0 Å². The minimum atomic E-state index is -0.394. The molecule has 0 spiro atoms. The molecule has 82 valence electrons. The van der Waals surface area contributed by atoms with Crippen molar-refractivity contribution in [3.63, 3.8) is 0 Å². The molecule has 0 fully saturated rings. The molecule has 1 rings (SSSR count). The number of hydrazine groups is 1. The number of rotatable bonds is 2. The van der Waals surface area contributed by atoms with Crippen molar-refractivity contribution in [3.8, 4) is 0 Å². The van der Waals surface area contributed by atoms with Crippen molar-refractivity contribution in [2.24, 2.45) is 0 Å². The Morgan fingerprint density at radius 1 is 1.27 bits per heavy atom. The number of carbonyl (C=O) groups is 1. The van der Waals surface area contributed by atoms with Crippen LogP contribution < -0.4 is 10.7 Å². The zero-order valence-corrected chi connectivity index (χ0v) is 9.86. The molecule has 1 aromatic rings. The van der Waals surface area contributed by atoms with E-state index in [9.17, 15) is 4.79 Å². The second-order valence-corrected chi connectivity index (χ2v) is 3.87. The summed E-state index contributed by atoms with van der Waals surface area (Å²) in [5.41, 5.74) is 2.91. The zero-order valence-electron chi connectivity index (χ0n) is 8.34. The van der Waals surface area contributed by atoms with Crippen molar-refractivity contribution in [2.45, 2.75) is 0 Å². The molecular formula is C9H11Cl2N3O. The Morgan fingerprint density at radius 2 is 1.80 bits per heavy atom. The van der Waals surface area contributed by atoms with Gasteiger partial charge >= 0.3 is 6.03 Å². The van der Waals surface area contributed by atoms with Gasteiger partial charge in [-0.05, 0) is 12.1 Å². The fourth-order valence-electron chi connectivity index (χ4n) is 0.962. The van der Waals surface area contributed by atoms with Gasteiger partial charge in [0.1, 0.15) is 0 Å². The highest BCUT2D eigenvalue weighted by atomic mass is 35.5. The molecule has 4 nitrogen and oxygen atoms in total. The molecule has 0 aliphatic carbocycles. The second-order valence-electron chi connectivity index (χ2n) is 3.06. The summed E-state index contributed by atoms with van der Waals surface area (Å²) in [6.45, 7) is 0. The molecule has 0 aromatic heterocycles. The molecule has 6 heteroatoms. The molecule has 0 saturated carbocycles. The van der Waals surface area contributed by atoms with Gasteiger partial charge in [0.15, 0.2) is 0 Å². The fraction of sp³-hybridized carbons (Fsp3) is 0.222. The van der Waals surface area contributed by atoms with Crippen LogP contribution in [0.25, 0.3) is 0 Å². The molecule has 0 saturated heterocycles. The van der Waals surface area contributed by atoms with Crippen LogP contribution in [0.5, 0.6) is 0 Å².